The summed E-state index contributed by atoms with van der Waals surface area (Å²) in [7, 11) is -0.718. The van der Waals surface area contributed by atoms with Gasteiger partial charge in [0.1, 0.15) is 0 Å². The molecule has 0 atom stereocenters. The molecule has 0 radical (unpaired) electrons. The van der Waals surface area contributed by atoms with Gasteiger partial charge in [0.05, 0.1) is 10.6 Å². The Labute approximate surface area is 185 Å². The van der Waals surface area contributed by atoms with E-state index in [0.717, 1.165) is 26.3 Å². The molecule has 0 fully saturated rings. The molecule has 1 amide bonds. The van der Waals surface area contributed by atoms with Gasteiger partial charge in [0, 0.05) is 30.6 Å². The van der Waals surface area contributed by atoms with E-state index in [2.05, 4.69) is 22.4 Å². The number of nitrogens with one attached hydrogen (secondary N) is 1. The van der Waals surface area contributed by atoms with Crippen LogP contribution in [0, 0.1) is 6.92 Å². The zero-order valence-corrected chi connectivity index (χ0v) is 18.9. The molecule has 4 aromatic rings. The molecule has 158 valence electrons. The van der Waals surface area contributed by atoms with Crippen LogP contribution in [0.5, 0.6) is 0 Å². The Balaban J connectivity index is 1.59. The van der Waals surface area contributed by atoms with E-state index in [9.17, 15) is 13.2 Å². The van der Waals surface area contributed by atoms with Crippen LogP contribution in [0.15, 0.2) is 70.9 Å². The molecule has 0 aliphatic rings. The quantitative estimate of drug-likeness (QED) is 0.474. The van der Waals surface area contributed by atoms with Crippen molar-refractivity contribution < 1.29 is 13.2 Å². The number of amides is 1. The van der Waals surface area contributed by atoms with Crippen LogP contribution in [0.4, 0.5) is 5.13 Å². The lowest BCUT2D eigenvalue weighted by molar-refractivity contribution is 0.102. The predicted octanol–water partition coefficient (Wildman–Crippen LogP) is 4.77. The Bertz CT molecular complexity index is 1390. The molecule has 3 aromatic carbocycles. The summed E-state index contributed by atoms with van der Waals surface area (Å²) in [6.07, 6.45) is 0. The summed E-state index contributed by atoms with van der Waals surface area (Å²) in [6.45, 7) is 1.77. The molecule has 0 aliphatic carbocycles. The predicted molar refractivity (Wildman–Crippen MR) is 125 cm³/mol. The van der Waals surface area contributed by atoms with Gasteiger partial charge in [0.2, 0.25) is 10.0 Å². The van der Waals surface area contributed by atoms with Crippen LogP contribution >= 0.6 is 11.3 Å². The lowest BCUT2D eigenvalue weighted by atomic mass is 10.1. The Morgan fingerprint density at radius 1 is 1.00 bits per heavy atom. The van der Waals surface area contributed by atoms with Crippen LogP contribution in [0.1, 0.15) is 15.9 Å². The number of carbonyl (C=O) groups excluding carboxylic acids is 1. The van der Waals surface area contributed by atoms with Gasteiger partial charge in [-0.3, -0.25) is 10.1 Å². The highest BCUT2D eigenvalue weighted by Gasteiger charge is 2.20. The first-order valence-corrected chi connectivity index (χ1v) is 11.9. The van der Waals surface area contributed by atoms with Crippen molar-refractivity contribution in [2.75, 3.05) is 19.4 Å². The van der Waals surface area contributed by atoms with Crippen LogP contribution in [0.3, 0.4) is 0 Å². The summed E-state index contributed by atoms with van der Waals surface area (Å²) in [5, 5.41) is 7.40. The fraction of sp³-hybridized carbons (Fsp3) is 0.130. The summed E-state index contributed by atoms with van der Waals surface area (Å²) in [4.78, 5) is 17.5. The Hall–Kier alpha value is -3.07. The van der Waals surface area contributed by atoms with Crippen LogP contribution in [-0.4, -0.2) is 37.7 Å². The van der Waals surface area contributed by atoms with Crippen LogP contribution < -0.4 is 5.32 Å². The summed E-state index contributed by atoms with van der Waals surface area (Å²) in [5.41, 5.74) is 2.71. The third-order valence-electron chi connectivity index (χ3n) is 5.00. The van der Waals surface area contributed by atoms with E-state index in [4.69, 9.17) is 0 Å². The highest BCUT2D eigenvalue weighted by molar-refractivity contribution is 7.89. The summed E-state index contributed by atoms with van der Waals surface area (Å²) >= 11 is 1.32. The molecule has 0 unspecified atom stereocenters. The van der Waals surface area contributed by atoms with Crippen molar-refractivity contribution in [3.8, 4) is 11.3 Å². The second-order valence-corrected chi connectivity index (χ2v) is 10.3. The van der Waals surface area contributed by atoms with Crippen LogP contribution in [0.25, 0.3) is 22.0 Å². The van der Waals surface area contributed by atoms with Crippen molar-refractivity contribution in [2.45, 2.75) is 11.8 Å². The maximum atomic E-state index is 12.9. The average molecular weight is 452 g/mol. The fourth-order valence-corrected chi connectivity index (χ4v) is 4.84. The van der Waals surface area contributed by atoms with Crippen LogP contribution in [-0.2, 0) is 10.0 Å². The highest BCUT2D eigenvalue weighted by Crippen LogP contribution is 2.28. The molecule has 0 saturated carbocycles. The second kappa shape index (κ2) is 8.22. The minimum Gasteiger partial charge on any atom is -0.298 e. The van der Waals surface area contributed by atoms with Crippen LogP contribution in [0.2, 0.25) is 0 Å². The van der Waals surface area contributed by atoms with Gasteiger partial charge < -0.3 is 0 Å². The maximum Gasteiger partial charge on any atom is 0.257 e. The number of thiazole rings is 1. The topological polar surface area (TPSA) is 79.4 Å². The first-order chi connectivity index (χ1) is 14.8. The number of aryl methyl sites for hydroxylation is 1. The van der Waals surface area contributed by atoms with Gasteiger partial charge in [0.25, 0.3) is 5.91 Å². The number of anilines is 1. The lowest BCUT2D eigenvalue weighted by Gasteiger charge is -2.13. The fourth-order valence-electron chi connectivity index (χ4n) is 3.19. The summed E-state index contributed by atoms with van der Waals surface area (Å²) < 4.78 is 25.9. The van der Waals surface area contributed by atoms with Gasteiger partial charge >= 0.3 is 0 Å². The number of nitrogens with zero attached hydrogens (tertiary/aromatic N) is 2. The highest BCUT2D eigenvalue weighted by atomic mass is 32.2. The van der Waals surface area contributed by atoms with E-state index in [-0.39, 0.29) is 4.90 Å². The lowest BCUT2D eigenvalue weighted by Crippen LogP contribution is -2.23. The summed E-state index contributed by atoms with van der Waals surface area (Å²) in [5.74, 6) is -0.396. The van der Waals surface area contributed by atoms with Crippen molar-refractivity contribution in [2.24, 2.45) is 0 Å². The van der Waals surface area contributed by atoms with Gasteiger partial charge in [-0.25, -0.2) is 17.7 Å². The average Bonchev–Trinajstić information content (AvgIpc) is 3.21. The molecule has 0 aliphatic heterocycles. The number of hydrogen-bond acceptors (Lipinski definition) is 5. The van der Waals surface area contributed by atoms with E-state index >= 15 is 0 Å². The number of aromatic nitrogens is 1. The SMILES string of the molecule is Cc1ccc(S(=O)(=O)N(C)C)cc1C(=O)Nc1nc(-c2ccc3ccccc3c2)cs1. The molecule has 4 rings (SSSR count). The van der Waals surface area contributed by atoms with Gasteiger partial charge in [-0.05, 0) is 41.5 Å². The number of hydrogen-bond donors (Lipinski definition) is 1. The van der Waals surface area contributed by atoms with Crippen molar-refractivity contribution in [1.29, 1.82) is 0 Å². The maximum absolute atomic E-state index is 12.9. The zero-order chi connectivity index (χ0) is 22.2. The molecule has 6 nitrogen and oxygen atoms in total. The normalized spacial score (nSPS) is 11.7. The molecule has 1 heterocycles. The minimum atomic E-state index is -3.63. The summed E-state index contributed by atoms with van der Waals surface area (Å²) in [6, 6.07) is 18.7. The number of carbonyl (C=O) groups is 1. The zero-order valence-electron chi connectivity index (χ0n) is 17.3. The van der Waals surface area contributed by atoms with E-state index < -0.39 is 15.9 Å². The van der Waals surface area contributed by atoms with Crippen molar-refractivity contribution in [3.05, 3.63) is 77.2 Å². The number of rotatable bonds is 5. The molecule has 31 heavy (non-hydrogen) atoms. The Morgan fingerprint density at radius 3 is 2.48 bits per heavy atom. The van der Waals surface area contributed by atoms with E-state index in [0.29, 0.717) is 16.3 Å². The van der Waals surface area contributed by atoms with Crippen molar-refractivity contribution in [1.82, 2.24) is 9.29 Å². The van der Waals surface area contributed by atoms with Gasteiger partial charge in [-0.1, -0.05) is 42.5 Å². The van der Waals surface area contributed by atoms with Gasteiger partial charge in [0.15, 0.2) is 5.13 Å². The second-order valence-electron chi connectivity index (χ2n) is 7.32. The molecular formula is C23H21N3O3S2. The van der Waals surface area contributed by atoms with Crippen molar-refractivity contribution >= 4 is 43.2 Å². The first kappa shape index (κ1) is 21.2. The number of sulfonamides is 1. The standard InChI is InChI=1S/C23H21N3O3S2/c1-15-8-11-19(31(28,29)26(2)3)13-20(15)22(27)25-23-24-21(14-30-23)18-10-9-16-6-4-5-7-17(16)12-18/h4-14H,1-3H3,(H,24,25,27). The third kappa shape index (κ3) is 4.23. The van der Waals surface area contributed by atoms with E-state index in [1.807, 2.05) is 35.7 Å². The first-order valence-electron chi connectivity index (χ1n) is 9.55. The van der Waals surface area contributed by atoms with E-state index in [1.54, 1.807) is 13.0 Å². The molecule has 8 heteroatoms. The molecule has 1 N–H and O–H groups in total. The largest absolute Gasteiger partial charge is 0.298 e. The third-order valence-corrected chi connectivity index (χ3v) is 7.57. The Morgan fingerprint density at radius 2 is 1.74 bits per heavy atom. The van der Waals surface area contributed by atoms with E-state index in [1.165, 1.54) is 37.6 Å². The van der Waals surface area contributed by atoms with Gasteiger partial charge in [-0.2, -0.15) is 0 Å². The van der Waals surface area contributed by atoms with Gasteiger partial charge in [-0.15, -0.1) is 11.3 Å². The van der Waals surface area contributed by atoms with Crippen molar-refractivity contribution in [3.63, 3.8) is 0 Å². The molecular weight excluding hydrogens is 430 g/mol. The monoisotopic (exact) mass is 451 g/mol. The molecule has 0 bridgehead atoms. The molecule has 1 aromatic heterocycles. The smallest absolute Gasteiger partial charge is 0.257 e. The Kier molecular flexibility index (Phi) is 5.62. The molecule has 0 saturated heterocycles. The number of benzene rings is 3. The molecule has 0 spiro atoms. The number of fused-ring (bicyclic) bond motifs is 1. The minimum absolute atomic E-state index is 0.0734.